The lowest BCUT2D eigenvalue weighted by Crippen LogP contribution is -2.51. The molecule has 34 heavy (non-hydrogen) atoms. The van der Waals surface area contributed by atoms with Crippen LogP contribution < -0.4 is 15.4 Å². The predicted octanol–water partition coefficient (Wildman–Crippen LogP) is 2.92. The zero-order chi connectivity index (χ0) is 24.5. The SMILES string of the molecule is O=C(O)NC(CC1CCCCC1)C(=O)NC(CO)CCC(=O)N1CCOc2ccc(Cl)cc2C1. The summed E-state index contributed by atoms with van der Waals surface area (Å²) in [4.78, 5) is 38.6. The molecule has 0 radical (unpaired) electrons. The number of ether oxygens (including phenoxy) is 1. The summed E-state index contributed by atoms with van der Waals surface area (Å²) in [6.07, 6.45) is 4.86. The quantitative estimate of drug-likeness (QED) is 0.417. The van der Waals surface area contributed by atoms with Crippen molar-refractivity contribution < 1.29 is 29.3 Å². The van der Waals surface area contributed by atoms with Crippen LogP contribution in [0.3, 0.4) is 0 Å². The molecular weight excluding hydrogens is 462 g/mol. The molecule has 0 aromatic heterocycles. The van der Waals surface area contributed by atoms with Crippen molar-refractivity contribution in [3.8, 4) is 5.75 Å². The molecule has 2 atom stereocenters. The maximum absolute atomic E-state index is 12.8. The van der Waals surface area contributed by atoms with Crippen LogP contribution >= 0.6 is 11.6 Å². The standard InChI is InChI=1S/C24H34ClN3O6/c25-18-6-8-21-17(13-18)14-28(10-11-34-21)22(30)9-7-19(15-29)26-23(31)20(27-24(32)33)12-16-4-2-1-3-5-16/h6,8,13,16,19-20,27,29H,1-5,7,9-12,14-15H2,(H,26,31)(H,32,33). The number of aliphatic hydroxyl groups is 1. The molecule has 1 aliphatic heterocycles. The fraction of sp³-hybridized carbons (Fsp3) is 0.625. The zero-order valence-corrected chi connectivity index (χ0v) is 20.1. The van der Waals surface area contributed by atoms with Gasteiger partial charge in [-0.1, -0.05) is 43.7 Å². The highest BCUT2D eigenvalue weighted by atomic mass is 35.5. The molecule has 1 saturated carbocycles. The summed E-state index contributed by atoms with van der Waals surface area (Å²) in [5.74, 6) is 0.417. The first kappa shape index (κ1) is 26.1. The molecule has 0 saturated heterocycles. The number of carboxylic acid groups (broad SMARTS) is 1. The molecule has 0 spiro atoms. The number of fused-ring (bicyclic) bond motifs is 1. The van der Waals surface area contributed by atoms with Gasteiger partial charge in [0.2, 0.25) is 11.8 Å². The summed E-state index contributed by atoms with van der Waals surface area (Å²) in [5.41, 5.74) is 0.829. The van der Waals surface area contributed by atoms with Gasteiger partial charge >= 0.3 is 6.09 Å². The summed E-state index contributed by atoms with van der Waals surface area (Å²) < 4.78 is 5.70. The number of carbonyl (C=O) groups is 3. The van der Waals surface area contributed by atoms with Crippen LogP contribution in [0.4, 0.5) is 4.79 Å². The van der Waals surface area contributed by atoms with Gasteiger partial charge in [-0.05, 0) is 37.0 Å². The van der Waals surface area contributed by atoms with Crippen LogP contribution in [0.25, 0.3) is 0 Å². The average Bonchev–Trinajstić information content (AvgIpc) is 3.03. The minimum atomic E-state index is -1.25. The molecule has 4 N–H and O–H groups in total. The van der Waals surface area contributed by atoms with Crippen molar-refractivity contribution in [2.45, 2.75) is 70.0 Å². The number of nitrogens with zero attached hydrogens (tertiary/aromatic N) is 1. The Morgan fingerprint density at radius 2 is 1.94 bits per heavy atom. The van der Waals surface area contributed by atoms with E-state index in [-0.39, 0.29) is 25.4 Å². The molecule has 9 nitrogen and oxygen atoms in total. The molecule has 3 rings (SSSR count). The molecule has 1 aromatic rings. The first-order valence-electron chi connectivity index (χ1n) is 12.0. The third-order valence-electron chi connectivity index (χ3n) is 6.54. The van der Waals surface area contributed by atoms with E-state index in [0.717, 1.165) is 31.2 Å². The smallest absolute Gasteiger partial charge is 0.405 e. The summed E-state index contributed by atoms with van der Waals surface area (Å²) in [5, 5.41) is 24.6. The molecule has 10 heteroatoms. The van der Waals surface area contributed by atoms with E-state index in [1.807, 2.05) is 0 Å². The Morgan fingerprint density at radius 3 is 2.65 bits per heavy atom. The van der Waals surface area contributed by atoms with Gasteiger partial charge in [0.05, 0.1) is 19.2 Å². The Bertz CT molecular complexity index is 861. The summed E-state index contributed by atoms with van der Waals surface area (Å²) >= 11 is 6.08. The lowest BCUT2D eigenvalue weighted by molar-refractivity contribution is -0.132. The monoisotopic (exact) mass is 495 g/mol. The summed E-state index contributed by atoms with van der Waals surface area (Å²) in [6.45, 7) is 0.818. The van der Waals surface area contributed by atoms with Crippen LogP contribution in [0.2, 0.25) is 5.02 Å². The zero-order valence-electron chi connectivity index (χ0n) is 19.3. The molecule has 0 bridgehead atoms. The Hall–Kier alpha value is -2.52. The number of hydrogen-bond donors (Lipinski definition) is 4. The van der Waals surface area contributed by atoms with E-state index < -0.39 is 24.1 Å². The molecule has 1 fully saturated rings. The lowest BCUT2D eigenvalue weighted by Gasteiger charge is -2.27. The highest BCUT2D eigenvalue weighted by Gasteiger charge is 2.28. The number of nitrogens with one attached hydrogen (secondary N) is 2. The van der Waals surface area contributed by atoms with Crippen molar-refractivity contribution in [3.05, 3.63) is 28.8 Å². The molecule has 1 aliphatic carbocycles. The van der Waals surface area contributed by atoms with E-state index in [0.29, 0.717) is 42.8 Å². The number of benzene rings is 1. The molecule has 3 amide bonds. The van der Waals surface area contributed by atoms with Gasteiger partial charge in [-0.2, -0.15) is 0 Å². The van der Waals surface area contributed by atoms with Crippen LogP contribution in [0.1, 0.15) is 56.9 Å². The van der Waals surface area contributed by atoms with Gasteiger partial charge in [0, 0.05) is 23.6 Å². The van der Waals surface area contributed by atoms with Crippen LogP contribution in [-0.2, 0) is 16.1 Å². The van der Waals surface area contributed by atoms with Crippen molar-refractivity contribution in [3.63, 3.8) is 0 Å². The van der Waals surface area contributed by atoms with Crippen molar-refractivity contribution in [2.24, 2.45) is 5.92 Å². The second-order valence-electron chi connectivity index (χ2n) is 9.08. The third-order valence-corrected chi connectivity index (χ3v) is 6.77. The fourth-order valence-corrected chi connectivity index (χ4v) is 4.87. The number of amides is 3. The normalized spacial score (nSPS) is 18.1. The third kappa shape index (κ3) is 7.77. The molecular formula is C24H34ClN3O6. The minimum Gasteiger partial charge on any atom is -0.491 e. The molecule has 188 valence electrons. The van der Waals surface area contributed by atoms with Crippen LogP contribution in [0.5, 0.6) is 5.75 Å². The summed E-state index contributed by atoms with van der Waals surface area (Å²) in [7, 11) is 0. The van der Waals surface area contributed by atoms with Crippen molar-refractivity contribution in [1.29, 1.82) is 0 Å². The van der Waals surface area contributed by atoms with E-state index in [9.17, 15) is 24.6 Å². The van der Waals surface area contributed by atoms with E-state index in [2.05, 4.69) is 10.6 Å². The maximum atomic E-state index is 12.8. The fourth-order valence-electron chi connectivity index (χ4n) is 4.68. The highest BCUT2D eigenvalue weighted by Crippen LogP contribution is 2.28. The number of aliphatic hydroxyl groups excluding tert-OH is 1. The average molecular weight is 496 g/mol. The Kier molecular flexibility index (Phi) is 9.83. The van der Waals surface area contributed by atoms with Gasteiger partial charge in [-0.15, -0.1) is 0 Å². The van der Waals surface area contributed by atoms with Gasteiger partial charge in [0.15, 0.2) is 0 Å². The second kappa shape index (κ2) is 12.8. The number of rotatable bonds is 9. The first-order valence-corrected chi connectivity index (χ1v) is 12.3. The highest BCUT2D eigenvalue weighted by molar-refractivity contribution is 6.30. The molecule has 1 aromatic carbocycles. The van der Waals surface area contributed by atoms with E-state index in [1.54, 1.807) is 23.1 Å². The second-order valence-corrected chi connectivity index (χ2v) is 9.52. The Labute approximate surface area is 204 Å². The largest absolute Gasteiger partial charge is 0.491 e. The minimum absolute atomic E-state index is 0.119. The van der Waals surface area contributed by atoms with E-state index in [1.165, 1.54) is 6.42 Å². The van der Waals surface area contributed by atoms with Crippen LogP contribution in [0.15, 0.2) is 18.2 Å². The van der Waals surface area contributed by atoms with E-state index >= 15 is 0 Å². The van der Waals surface area contributed by atoms with Crippen LogP contribution in [-0.4, -0.2) is 64.9 Å². The van der Waals surface area contributed by atoms with Gasteiger partial charge in [-0.25, -0.2) is 4.79 Å². The number of hydrogen-bond acceptors (Lipinski definition) is 5. The predicted molar refractivity (Wildman–Crippen MR) is 127 cm³/mol. The maximum Gasteiger partial charge on any atom is 0.405 e. The summed E-state index contributed by atoms with van der Waals surface area (Å²) in [6, 6.07) is 3.78. The molecule has 2 unspecified atom stereocenters. The number of halogens is 1. The Morgan fingerprint density at radius 1 is 1.18 bits per heavy atom. The van der Waals surface area contributed by atoms with Crippen molar-refractivity contribution in [2.75, 3.05) is 19.8 Å². The Balaban J connectivity index is 1.53. The van der Waals surface area contributed by atoms with Gasteiger partial charge < -0.3 is 30.5 Å². The van der Waals surface area contributed by atoms with Gasteiger partial charge in [-0.3, -0.25) is 9.59 Å². The molecule has 2 aliphatic rings. The molecule has 1 heterocycles. The van der Waals surface area contributed by atoms with E-state index in [4.69, 9.17) is 16.3 Å². The van der Waals surface area contributed by atoms with Gasteiger partial charge in [0.25, 0.3) is 0 Å². The number of carbonyl (C=O) groups excluding carboxylic acids is 2. The topological polar surface area (TPSA) is 128 Å². The lowest BCUT2D eigenvalue weighted by atomic mass is 9.84. The first-order chi connectivity index (χ1) is 16.4. The van der Waals surface area contributed by atoms with Gasteiger partial charge in [0.1, 0.15) is 18.4 Å². The van der Waals surface area contributed by atoms with Crippen molar-refractivity contribution in [1.82, 2.24) is 15.5 Å². The van der Waals surface area contributed by atoms with Crippen molar-refractivity contribution >= 4 is 29.5 Å². The van der Waals surface area contributed by atoms with Crippen LogP contribution in [0, 0.1) is 5.92 Å².